The lowest BCUT2D eigenvalue weighted by molar-refractivity contribution is -0.134. The maximum Gasteiger partial charge on any atom is 0.325 e. The van der Waals surface area contributed by atoms with Crippen LogP contribution < -0.4 is 24.8 Å². The first-order valence-corrected chi connectivity index (χ1v) is 11.0. The molecule has 1 unspecified atom stereocenters. The molecule has 0 aliphatic carbocycles. The highest BCUT2D eigenvalue weighted by atomic mass is 16.5. The van der Waals surface area contributed by atoms with Crippen molar-refractivity contribution < 1.29 is 28.6 Å². The first-order chi connectivity index (χ1) is 16.8. The number of nitrogens with zero attached hydrogens (tertiary/aromatic N) is 1. The lowest BCUT2D eigenvalue weighted by atomic mass is 9.88. The van der Waals surface area contributed by atoms with Gasteiger partial charge in [0.05, 0.1) is 21.3 Å². The summed E-state index contributed by atoms with van der Waals surface area (Å²) >= 11 is 0. The molecule has 3 aromatic rings. The number of hydrogen-bond acceptors (Lipinski definition) is 6. The van der Waals surface area contributed by atoms with Crippen molar-refractivity contribution in [1.29, 1.82) is 0 Å². The molecule has 1 fully saturated rings. The predicted molar refractivity (Wildman–Crippen MR) is 129 cm³/mol. The van der Waals surface area contributed by atoms with Crippen molar-refractivity contribution in [3.05, 3.63) is 65.7 Å². The normalized spacial score (nSPS) is 17.3. The first-order valence-electron chi connectivity index (χ1n) is 11.0. The molecule has 9 heteroatoms. The first kappa shape index (κ1) is 23.9. The van der Waals surface area contributed by atoms with E-state index in [-0.39, 0.29) is 6.54 Å². The standard InChI is InChI=1S/C26H27N3O6/c1-26(19-11-7-9-16-8-5-6-10-18(16)19)24(31)29(25(32)28-26)15-23(30)27-14-17-12-21(34-3)22(35-4)13-20(17)33-2/h5-13H,14-15H2,1-4H3,(H,27,30)(H,28,32). The monoisotopic (exact) mass is 477 g/mol. The number of imide groups is 1. The molecule has 3 aromatic carbocycles. The molecule has 35 heavy (non-hydrogen) atoms. The van der Waals surface area contributed by atoms with Gasteiger partial charge in [-0.25, -0.2) is 4.79 Å². The second-order valence-electron chi connectivity index (χ2n) is 8.27. The van der Waals surface area contributed by atoms with E-state index in [0.29, 0.717) is 28.4 Å². The Balaban J connectivity index is 1.50. The molecule has 0 radical (unpaired) electrons. The van der Waals surface area contributed by atoms with Gasteiger partial charge in [0.1, 0.15) is 17.8 Å². The highest BCUT2D eigenvalue weighted by Gasteiger charge is 2.50. The quantitative estimate of drug-likeness (QED) is 0.483. The summed E-state index contributed by atoms with van der Waals surface area (Å²) in [5, 5.41) is 7.32. The molecule has 4 amide bonds. The summed E-state index contributed by atoms with van der Waals surface area (Å²) in [6.07, 6.45) is 0. The third-order valence-corrected chi connectivity index (χ3v) is 6.17. The Morgan fingerprint density at radius 1 is 0.943 bits per heavy atom. The minimum absolute atomic E-state index is 0.104. The summed E-state index contributed by atoms with van der Waals surface area (Å²) in [5.41, 5.74) is 0.0355. The van der Waals surface area contributed by atoms with Crippen LogP contribution in [0.2, 0.25) is 0 Å². The van der Waals surface area contributed by atoms with E-state index >= 15 is 0 Å². The van der Waals surface area contributed by atoms with E-state index in [1.165, 1.54) is 21.3 Å². The second kappa shape index (κ2) is 9.54. The minimum atomic E-state index is -1.29. The molecule has 4 rings (SSSR count). The summed E-state index contributed by atoms with van der Waals surface area (Å²) in [5.74, 6) is 0.496. The molecule has 0 saturated carbocycles. The van der Waals surface area contributed by atoms with Crippen molar-refractivity contribution in [3.8, 4) is 17.2 Å². The van der Waals surface area contributed by atoms with Crippen LogP contribution in [-0.2, 0) is 21.7 Å². The molecule has 182 valence electrons. The SMILES string of the molecule is COc1cc(OC)c(OC)cc1CNC(=O)CN1C(=O)NC(C)(c2cccc3ccccc23)C1=O. The molecule has 0 aromatic heterocycles. The van der Waals surface area contributed by atoms with Gasteiger partial charge in [0.2, 0.25) is 5.91 Å². The zero-order valence-corrected chi connectivity index (χ0v) is 20.0. The number of carbonyl (C=O) groups is 3. The molecule has 0 bridgehead atoms. The van der Waals surface area contributed by atoms with Crippen LogP contribution in [0.1, 0.15) is 18.1 Å². The van der Waals surface area contributed by atoms with Crippen LogP contribution in [0.5, 0.6) is 17.2 Å². The third kappa shape index (κ3) is 4.32. The summed E-state index contributed by atoms with van der Waals surface area (Å²) in [7, 11) is 4.54. The van der Waals surface area contributed by atoms with Gasteiger partial charge in [-0.15, -0.1) is 0 Å². The number of rotatable bonds is 8. The fourth-order valence-electron chi connectivity index (χ4n) is 4.31. The summed E-state index contributed by atoms with van der Waals surface area (Å²) < 4.78 is 16.0. The maximum atomic E-state index is 13.4. The van der Waals surface area contributed by atoms with Gasteiger partial charge in [0, 0.05) is 18.2 Å². The highest BCUT2D eigenvalue weighted by molar-refractivity contribution is 6.10. The van der Waals surface area contributed by atoms with Gasteiger partial charge in [-0.1, -0.05) is 42.5 Å². The van der Waals surface area contributed by atoms with Gasteiger partial charge in [-0.2, -0.15) is 0 Å². The average molecular weight is 478 g/mol. The van der Waals surface area contributed by atoms with Crippen molar-refractivity contribution in [2.24, 2.45) is 0 Å². The van der Waals surface area contributed by atoms with Crippen LogP contribution in [-0.4, -0.2) is 50.6 Å². The van der Waals surface area contributed by atoms with Crippen LogP contribution in [0.25, 0.3) is 10.8 Å². The van der Waals surface area contributed by atoms with Gasteiger partial charge in [0.15, 0.2) is 11.5 Å². The molecular weight excluding hydrogens is 450 g/mol. The lowest BCUT2D eigenvalue weighted by Crippen LogP contribution is -2.43. The number of fused-ring (bicyclic) bond motifs is 1. The van der Waals surface area contributed by atoms with E-state index in [2.05, 4.69) is 10.6 Å². The molecule has 2 N–H and O–H groups in total. The number of amides is 4. The largest absolute Gasteiger partial charge is 0.496 e. The third-order valence-electron chi connectivity index (χ3n) is 6.17. The Hall–Kier alpha value is -4.27. The Morgan fingerprint density at radius 3 is 2.31 bits per heavy atom. The van der Waals surface area contributed by atoms with E-state index < -0.39 is 29.9 Å². The minimum Gasteiger partial charge on any atom is -0.496 e. The maximum absolute atomic E-state index is 13.4. The van der Waals surface area contributed by atoms with Gasteiger partial charge in [-0.05, 0) is 29.3 Å². The van der Waals surface area contributed by atoms with Crippen molar-refractivity contribution >= 4 is 28.6 Å². The van der Waals surface area contributed by atoms with E-state index in [9.17, 15) is 14.4 Å². The van der Waals surface area contributed by atoms with Crippen molar-refractivity contribution in [1.82, 2.24) is 15.5 Å². The Bertz CT molecular complexity index is 1300. The number of benzene rings is 3. The zero-order chi connectivity index (χ0) is 25.2. The second-order valence-corrected chi connectivity index (χ2v) is 8.27. The Kier molecular flexibility index (Phi) is 6.50. The Morgan fingerprint density at radius 2 is 1.60 bits per heavy atom. The summed E-state index contributed by atoms with van der Waals surface area (Å²) in [4.78, 5) is 39.7. The van der Waals surface area contributed by atoms with E-state index in [1.807, 2.05) is 42.5 Å². The predicted octanol–water partition coefficient (Wildman–Crippen LogP) is 2.95. The van der Waals surface area contributed by atoms with Gasteiger partial charge >= 0.3 is 6.03 Å². The summed E-state index contributed by atoms with van der Waals surface area (Å²) in [6, 6.07) is 16.0. The smallest absolute Gasteiger partial charge is 0.325 e. The van der Waals surface area contributed by atoms with Crippen LogP contribution in [0.3, 0.4) is 0 Å². The zero-order valence-electron chi connectivity index (χ0n) is 20.0. The number of carbonyl (C=O) groups excluding carboxylic acids is 3. The van der Waals surface area contributed by atoms with E-state index in [1.54, 1.807) is 19.1 Å². The highest BCUT2D eigenvalue weighted by Crippen LogP contribution is 2.35. The van der Waals surface area contributed by atoms with Crippen molar-refractivity contribution in [2.45, 2.75) is 19.0 Å². The van der Waals surface area contributed by atoms with Crippen molar-refractivity contribution in [2.75, 3.05) is 27.9 Å². The topological polar surface area (TPSA) is 106 Å². The number of nitrogens with one attached hydrogen (secondary N) is 2. The van der Waals surface area contributed by atoms with Crippen LogP contribution in [0.15, 0.2) is 54.6 Å². The van der Waals surface area contributed by atoms with Crippen LogP contribution in [0, 0.1) is 0 Å². The average Bonchev–Trinajstić information content (AvgIpc) is 3.09. The molecule has 1 heterocycles. The molecular formula is C26H27N3O6. The molecule has 1 saturated heterocycles. The molecule has 0 spiro atoms. The van der Waals surface area contributed by atoms with E-state index in [4.69, 9.17) is 14.2 Å². The number of urea groups is 1. The fourth-order valence-corrected chi connectivity index (χ4v) is 4.31. The molecule has 1 atom stereocenters. The van der Waals surface area contributed by atoms with Gasteiger partial charge < -0.3 is 24.8 Å². The number of ether oxygens (including phenoxy) is 3. The number of methoxy groups -OCH3 is 3. The lowest BCUT2D eigenvalue weighted by Gasteiger charge is -2.24. The number of hydrogen-bond donors (Lipinski definition) is 2. The van der Waals surface area contributed by atoms with Gasteiger partial charge in [-0.3, -0.25) is 14.5 Å². The Labute approximate surface area is 202 Å². The van der Waals surface area contributed by atoms with Gasteiger partial charge in [0.25, 0.3) is 5.91 Å². The molecule has 1 aliphatic heterocycles. The fraction of sp³-hybridized carbons (Fsp3) is 0.269. The molecule has 1 aliphatic rings. The van der Waals surface area contributed by atoms with Crippen LogP contribution in [0.4, 0.5) is 4.79 Å². The van der Waals surface area contributed by atoms with E-state index in [0.717, 1.165) is 15.7 Å². The molecule has 9 nitrogen and oxygen atoms in total. The van der Waals surface area contributed by atoms with Crippen molar-refractivity contribution in [3.63, 3.8) is 0 Å². The summed E-state index contributed by atoms with van der Waals surface area (Å²) in [6.45, 7) is 1.34. The van der Waals surface area contributed by atoms with Crippen LogP contribution >= 0.6 is 0 Å².